The van der Waals surface area contributed by atoms with E-state index in [0.717, 1.165) is 11.1 Å². The van der Waals surface area contributed by atoms with E-state index in [0.29, 0.717) is 42.1 Å². The van der Waals surface area contributed by atoms with E-state index >= 15 is 0 Å². The zero-order valence-corrected chi connectivity index (χ0v) is 20.3. The number of carbonyl (C=O) groups excluding carboxylic acids is 1. The molecule has 0 fully saturated rings. The molecule has 0 aliphatic rings. The summed E-state index contributed by atoms with van der Waals surface area (Å²) in [5.41, 5.74) is 9.57. The number of nitriles is 1. The number of halogens is 1. The molecule has 0 saturated carbocycles. The largest absolute Gasteiger partial charge is 0.496 e. The number of hydrogen-bond donors (Lipinski definition) is 2. The molecule has 0 spiro atoms. The molecule has 0 aliphatic carbocycles. The maximum atomic E-state index is 13.3. The van der Waals surface area contributed by atoms with Gasteiger partial charge in [-0.1, -0.05) is 48.5 Å². The van der Waals surface area contributed by atoms with Gasteiger partial charge in [-0.15, -0.1) is 0 Å². The summed E-state index contributed by atoms with van der Waals surface area (Å²) in [5.74, 6) is 0.260. The van der Waals surface area contributed by atoms with Crippen LogP contribution < -0.4 is 15.8 Å². The van der Waals surface area contributed by atoms with Crippen LogP contribution in [0, 0.1) is 17.1 Å². The summed E-state index contributed by atoms with van der Waals surface area (Å²) in [6.07, 6.45) is 2.78. The van der Waals surface area contributed by atoms with Crippen molar-refractivity contribution in [3.63, 3.8) is 0 Å². The lowest BCUT2D eigenvalue weighted by molar-refractivity contribution is -0.115. The van der Waals surface area contributed by atoms with E-state index in [4.69, 9.17) is 10.5 Å². The van der Waals surface area contributed by atoms with Crippen molar-refractivity contribution in [2.75, 3.05) is 19.4 Å². The van der Waals surface area contributed by atoms with E-state index in [9.17, 15) is 14.4 Å². The number of benzene rings is 3. The van der Waals surface area contributed by atoms with Crippen LogP contribution in [0.2, 0.25) is 0 Å². The Balaban J connectivity index is 1.47. The van der Waals surface area contributed by atoms with Crippen molar-refractivity contribution in [1.29, 1.82) is 5.26 Å². The van der Waals surface area contributed by atoms with Gasteiger partial charge in [-0.05, 0) is 54.8 Å². The van der Waals surface area contributed by atoms with E-state index in [2.05, 4.69) is 16.5 Å². The van der Waals surface area contributed by atoms with Crippen LogP contribution in [0.3, 0.4) is 0 Å². The SMILES string of the molecule is COc1ccccc1/C=C(/C(=O)NCCCc1nn(-c2ccc(F)cc2)c(N)c1C#N)c1ccccc1. The number of aryl methyl sites for hydroxylation is 1. The Kier molecular flexibility index (Phi) is 7.96. The summed E-state index contributed by atoms with van der Waals surface area (Å²) in [6.45, 7) is 0.364. The number of nitrogens with zero attached hydrogens (tertiary/aromatic N) is 3. The summed E-state index contributed by atoms with van der Waals surface area (Å²) in [5, 5.41) is 17.0. The molecule has 0 saturated heterocycles. The molecule has 0 bridgehead atoms. The summed E-state index contributed by atoms with van der Waals surface area (Å²) in [4.78, 5) is 13.2. The highest BCUT2D eigenvalue weighted by Crippen LogP contribution is 2.25. The Bertz CT molecular complexity index is 1450. The number of amides is 1. The average molecular weight is 496 g/mol. The van der Waals surface area contributed by atoms with Crippen LogP contribution >= 0.6 is 0 Å². The molecular formula is C29H26FN5O2. The Hall–Kier alpha value is -4.90. The van der Waals surface area contributed by atoms with Crippen molar-refractivity contribution in [3.05, 3.63) is 107 Å². The Morgan fingerprint density at radius 2 is 1.81 bits per heavy atom. The molecule has 37 heavy (non-hydrogen) atoms. The van der Waals surface area contributed by atoms with Gasteiger partial charge in [0.05, 0.1) is 18.5 Å². The molecular weight excluding hydrogens is 469 g/mol. The molecule has 3 aromatic carbocycles. The number of carbonyl (C=O) groups is 1. The van der Waals surface area contributed by atoms with Gasteiger partial charge >= 0.3 is 0 Å². The highest BCUT2D eigenvalue weighted by atomic mass is 19.1. The van der Waals surface area contributed by atoms with Crippen LogP contribution in [0.5, 0.6) is 5.75 Å². The highest BCUT2D eigenvalue weighted by Gasteiger charge is 2.17. The van der Waals surface area contributed by atoms with Crippen molar-refractivity contribution in [1.82, 2.24) is 15.1 Å². The molecule has 7 nitrogen and oxygen atoms in total. The lowest BCUT2D eigenvalue weighted by Crippen LogP contribution is -2.25. The minimum atomic E-state index is -0.374. The van der Waals surface area contributed by atoms with E-state index in [1.807, 2.05) is 60.7 Å². The first-order chi connectivity index (χ1) is 18.0. The molecule has 4 aromatic rings. The third-order valence-electron chi connectivity index (χ3n) is 5.82. The van der Waals surface area contributed by atoms with Gasteiger partial charge in [-0.3, -0.25) is 4.79 Å². The van der Waals surface area contributed by atoms with Crippen molar-refractivity contribution in [2.24, 2.45) is 0 Å². The first-order valence-electron chi connectivity index (χ1n) is 11.7. The average Bonchev–Trinajstić information content (AvgIpc) is 3.25. The van der Waals surface area contributed by atoms with Gasteiger partial charge in [-0.25, -0.2) is 9.07 Å². The minimum absolute atomic E-state index is 0.194. The molecule has 1 heterocycles. The second-order valence-electron chi connectivity index (χ2n) is 8.23. The maximum absolute atomic E-state index is 13.3. The third-order valence-corrected chi connectivity index (χ3v) is 5.82. The van der Waals surface area contributed by atoms with Crippen LogP contribution in [0.25, 0.3) is 17.3 Å². The molecule has 3 N–H and O–H groups in total. The normalized spacial score (nSPS) is 11.1. The highest BCUT2D eigenvalue weighted by molar-refractivity contribution is 6.24. The van der Waals surface area contributed by atoms with Gasteiger partial charge in [0.25, 0.3) is 5.91 Å². The van der Waals surface area contributed by atoms with Gasteiger partial charge in [0.2, 0.25) is 0 Å². The Labute approximate surface area is 214 Å². The number of nitrogens with two attached hydrogens (primary N) is 1. The molecule has 0 radical (unpaired) electrons. The van der Waals surface area contributed by atoms with Gasteiger partial charge in [0.1, 0.15) is 29.0 Å². The topological polar surface area (TPSA) is 106 Å². The van der Waals surface area contributed by atoms with Crippen LogP contribution in [0.1, 0.15) is 28.8 Å². The standard InChI is InChI=1S/C29H26FN5O2/c1-37-27-12-6-5-10-21(27)18-24(20-8-3-2-4-9-20)29(36)33-17-7-11-26-25(19-31)28(32)35(34-26)23-15-13-22(30)14-16-23/h2-6,8-10,12-16,18H,7,11,17,32H2,1H3,(H,33,36)/b24-18+. The van der Waals surface area contributed by atoms with E-state index in [1.165, 1.54) is 16.8 Å². The van der Waals surface area contributed by atoms with E-state index < -0.39 is 0 Å². The number of nitrogen functional groups attached to an aromatic ring is 1. The number of anilines is 1. The molecule has 186 valence electrons. The third kappa shape index (κ3) is 5.85. The smallest absolute Gasteiger partial charge is 0.251 e. The van der Waals surface area contributed by atoms with E-state index in [-0.39, 0.29) is 23.1 Å². The van der Waals surface area contributed by atoms with Crippen molar-refractivity contribution >= 4 is 23.4 Å². The summed E-state index contributed by atoms with van der Waals surface area (Å²) < 4.78 is 20.2. The first kappa shape index (κ1) is 25.2. The van der Waals surface area contributed by atoms with Crippen LogP contribution in [-0.2, 0) is 11.2 Å². The summed E-state index contributed by atoms with van der Waals surface area (Å²) in [7, 11) is 1.59. The lowest BCUT2D eigenvalue weighted by Gasteiger charge is -2.11. The number of nitrogens with one attached hydrogen (secondary N) is 1. The van der Waals surface area contributed by atoms with Gasteiger partial charge in [-0.2, -0.15) is 10.4 Å². The molecule has 1 amide bonds. The number of methoxy groups -OCH3 is 1. The number of rotatable bonds is 9. The molecule has 8 heteroatoms. The zero-order chi connectivity index (χ0) is 26.2. The fourth-order valence-corrected chi connectivity index (χ4v) is 3.95. The predicted octanol–water partition coefficient (Wildman–Crippen LogP) is 4.76. The van der Waals surface area contributed by atoms with Crippen molar-refractivity contribution in [2.45, 2.75) is 12.8 Å². The predicted molar refractivity (Wildman–Crippen MR) is 141 cm³/mol. The van der Waals surface area contributed by atoms with Crippen molar-refractivity contribution in [3.8, 4) is 17.5 Å². The second-order valence-corrected chi connectivity index (χ2v) is 8.23. The lowest BCUT2D eigenvalue weighted by atomic mass is 10.0. The fourth-order valence-electron chi connectivity index (χ4n) is 3.95. The summed E-state index contributed by atoms with van der Waals surface area (Å²) >= 11 is 0. The molecule has 0 unspecified atom stereocenters. The molecule has 1 aromatic heterocycles. The Morgan fingerprint density at radius 3 is 2.51 bits per heavy atom. The first-order valence-corrected chi connectivity index (χ1v) is 11.7. The Morgan fingerprint density at radius 1 is 1.11 bits per heavy atom. The minimum Gasteiger partial charge on any atom is -0.496 e. The quantitative estimate of drug-likeness (QED) is 0.198. The molecule has 0 atom stereocenters. The monoisotopic (exact) mass is 495 g/mol. The van der Waals surface area contributed by atoms with E-state index in [1.54, 1.807) is 19.2 Å². The van der Waals surface area contributed by atoms with Crippen LogP contribution in [-0.4, -0.2) is 29.3 Å². The van der Waals surface area contributed by atoms with Gasteiger partial charge < -0.3 is 15.8 Å². The number of para-hydroxylation sites is 1. The van der Waals surface area contributed by atoms with Gasteiger partial charge in [0, 0.05) is 17.7 Å². The summed E-state index contributed by atoms with van der Waals surface area (Å²) in [6, 6.07) is 24.7. The van der Waals surface area contributed by atoms with Crippen LogP contribution in [0.15, 0.2) is 78.9 Å². The number of aromatic nitrogens is 2. The number of hydrogen-bond acceptors (Lipinski definition) is 5. The molecule has 0 aliphatic heterocycles. The molecule has 4 rings (SSSR count). The van der Waals surface area contributed by atoms with Crippen LogP contribution in [0.4, 0.5) is 10.2 Å². The zero-order valence-electron chi connectivity index (χ0n) is 20.3. The maximum Gasteiger partial charge on any atom is 0.251 e. The fraction of sp³-hybridized carbons (Fsp3) is 0.138. The van der Waals surface area contributed by atoms with Gasteiger partial charge in [0.15, 0.2) is 0 Å². The van der Waals surface area contributed by atoms with Crippen molar-refractivity contribution < 1.29 is 13.9 Å². The second kappa shape index (κ2) is 11.7. The number of ether oxygens (including phenoxy) is 1.